The van der Waals surface area contributed by atoms with Crippen molar-refractivity contribution in [2.75, 3.05) is 10.6 Å². The molecule has 2 unspecified atom stereocenters. The summed E-state index contributed by atoms with van der Waals surface area (Å²) in [5.41, 5.74) is 2.33. The molecule has 7 heteroatoms. The molecular weight excluding hydrogens is 391 g/mol. The van der Waals surface area contributed by atoms with Gasteiger partial charge in [-0.2, -0.15) is 0 Å². The van der Waals surface area contributed by atoms with Gasteiger partial charge in [0.05, 0.1) is 16.8 Å². The number of benzene rings is 1. The van der Waals surface area contributed by atoms with Gasteiger partial charge >= 0.3 is 0 Å². The van der Waals surface area contributed by atoms with Gasteiger partial charge in [-0.05, 0) is 55.2 Å². The highest BCUT2D eigenvalue weighted by Gasteiger charge is 2.23. The second kappa shape index (κ2) is 8.76. The largest absolute Gasteiger partial charge is 0.393 e. The molecule has 1 fully saturated rings. The van der Waals surface area contributed by atoms with Gasteiger partial charge in [-0.15, -0.1) is 0 Å². The Labute approximate surface area is 174 Å². The van der Waals surface area contributed by atoms with Crippen LogP contribution in [0.2, 0.25) is 5.02 Å². The first-order valence-corrected chi connectivity index (χ1v) is 10.0. The van der Waals surface area contributed by atoms with Gasteiger partial charge in [-0.25, -0.2) is 14.4 Å². The molecule has 1 aromatic carbocycles. The van der Waals surface area contributed by atoms with Crippen molar-refractivity contribution in [2.24, 2.45) is 0 Å². The summed E-state index contributed by atoms with van der Waals surface area (Å²) in [6.07, 6.45) is 3.80. The zero-order valence-electron chi connectivity index (χ0n) is 15.8. The Balaban J connectivity index is 1.50. The van der Waals surface area contributed by atoms with E-state index in [0.29, 0.717) is 23.2 Å². The van der Waals surface area contributed by atoms with Crippen LogP contribution in [0.25, 0.3) is 11.3 Å². The molecule has 2 aromatic heterocycles. The lowest BCUT2D eigenvalue weighted by molar-refractivity contribution is 0.182. The van der Waals surface area contributed by atoms with Crippen LogP contribution in [0.3, 0.4) is 0 Å². The lowest BCUT2D eigenvalue weighted by Crippen LogP contribution is -2.17. The molecule has 0 aliphatic heterocycles. The van der Waals surface area contributed by atoms with Crippen molar-refractivity contribution in [3.05, 3.63) is 71.1 Å². The standard InChI is InChI=1S/C22H22ClFN4O/c23-19-13-26-22(27-16-7-8-17(29)10-16)11-18(19)20-5-2-6-21(28-20)25-12-14-3-1-4-15(24)9-14/h1-6,9,11,13,16-17,29H,7-8,10,12H2,(H,25,28)(H,26,27). The summed E-state index contributed by atoms with van der Waals surface area (Å²) >= 11 is 6.38. The third-order valence-electron chi connectivity index (χ3n) is 5.00. The summed E-state index contributed by atoms with van der Waals surface area (Å²) in [6.45, 7) is 0.467. The molecule has 4 rings (SSSR count). The number of anilines is 2. The molecule has 3 aromatic rings. The third kappa shape index (κ3) is 5.02. The van der Waals surface area contributed by atoms with Crippen molar-refractivity contribution < 1.29 is 9.50 Å². The second-order valence-electron chi connectivity index (χ2n) is 7.25. The molecule has 0 spiro atoms. The van der Waals surface area contributed by atoms with E-state index in [4.69, 9.17) is 11.6 Å². The van der Waals surface area contributed by atoms with E-state index in [9.17, 15) is 9.50 Å². The fourth-order valence-electron chi connectivity index (χ4n) is 3.53. The van der Waals surface area contributed by atoms with Gasteiger partial charge in [0.15, 0.2) is 0 Å². The summed E-state index contributed by atoms with van der Waals surface area (Å²) in [4.78, 5) is 9.00. The summed E-state index contributed by atoms with van der Waals surface area (Å²) in [5.74, 6) is 1.13. The first kappa shape index (κ1) is 19.6. The van der Waals surface area contributed by atoms with Crippen LogP contribution in [0.4, 0.5) is 16.0 Å². The van der Waals surface area contributed by atoms with Crippen molar-refractivity contribution in [3.8, 4) is 11.3 Å². The Kier molecular flexibility index (Phi) is 5.92. The summed E-state index contributed by atoms with van der Waals surface area (Å²) in [6, 6.07) is 14.2. The number of hydrogen-bond acceptors (Lipinski definition) is 5. The first-order chi connectivity index (χ1) is 14.1. The van der Waals surface area contributed by atoms with E-state index in [-0.39, 0.29) is 18.0 Å². The van der Waals surface area contributed by atoms with Crippen molar-refractivity contribution in [1.82, 2.24) is 9.97 Å². The SMILES string of the molecule is OC1CCC(Nc2cc(-c3cccc(NCc4cccc(F)c4)n3)c(Cl)cn2)C1. The van der Waals surface area contributed by atoms with E-state index in [1.54, 1.807) is 12.3 Å². The molecule has 5 nitrogen and oxygen atoms in total. The van der Waals surface area contributed by atoms with E-state index in [1.165, 1.54) is 12.1 Å². The number of aliphatic hydroxyl groups excluding tert-OH is 1. The normalized spacial score (nSPS) is 18.6. The molecule has 1 aliphatic carbocycles. The number of rotatable bonds is 6. The highest BCUT2D eigenvalue weighted by Crippen LogP contribution is 2.30. The Morgan fingerprint density at radius 2 is 1.97 bits per heavy atom. The zero-order chi connectivity index (χ0) is 20.2. The number of nitrogens with zero attached hydrogens (tertiary/aromatic N) is 2. The highest BCUT2D eigenvalue weighted by molar-refractivity contribution is 6.33. The van der Waals surface area contributed by atoms with Gasteiger partial charge in [0.25, 0.3) is 0 Å². The van der Waals surface area contributed by atoms with Crippen LogP contribution in [0.5, 0.6) is 0 Å². The Morgan fingerprint density at radius 1 is 1.10 bits per heavy atom. The van der Waals surface area contributed by atoms with E-state index in [2.05, 4.69) is 20.6 Å². The number of hydrogen-bond donors (Lipinski definition) is 3. The van der Waals surface area contributed by atoms with Crippen LogP contribution in [-0.4, -0.2) is 27.2 Å². The third-order valence-corrected chi connectivity index (χ3v) is 5.30. The van der Waals surface area contributed by atoms with Gasteiger partial charge in [0.1, 0.15) is 17.5 Å². The lowest BCUT2D eigenvalue weighted by Gasteiger charge is -2.14. The van der Waals surface area contributed by atoms with Gasteiger partial charge in [0, 0.05) is 24.3 Å². The monoisotopic (exact) mass is 412 g/mol. The van der Waals surface area contributed by atoms with E-state index in [0.717, 1.165) is 36.1 Å². The predicted molar refractivity (Wildman–Crippen MR) is 113 cm³/mol. The highest BCUT2D eigenvalue weighted by atomic mass is 35.5. The maximum Gasteiger partial charge on any atom is 0.126 e. The van der Waals surface area contributed by atoms with E-state index < -0.39 is 0 Å². The number of aliphatic hydroxyl groups is 1. The molecule has 2 atom stereocenters. The van der Waals surface area contributed by atoms with Crippen molar-refractivity contribution in [1.29, 1.82) is 0 Å². The van der Waals surface area contributed by atoms with Crippen LogP contribution in [0.15, 0.2) is 54.7 Å². The minimum absolute atomic E-state index is 0.207. The Bertz CT molecular complexity index is 1000. The predicted octanol–water partition coefficient (Wildman–Crippen LogP) is 4.87. The maximum absolute atomic E-state index is 13.3. The first-order valence-electron chi connectivity index (χ1n) is 9.63. The van der Waals surface area contributed by atoms with Crippen LogP contribution in [0.1, 0.15) is 24.8 Å². The summed E-state index contributed by atoms with van der Waals surface area (Å²) in [5, 5.41) is 16.8. The molecule has 0 amide bonds. The number of nitrogens with one attached hydrogen (secondary N) is 2. The summed E-state index contributed by atoms with van der Waals surface area (Å²) < 4.78 is 13.3. The van der Waals surface area contributed by atoms with Gasteiger partial charge in [0.2, 0.25) is 0 Å². The average molecular weight is 413 g/mol. The second-order valence-corrected chi connectivity index (χ2v) is 7.66. The quantitative estimate of drug-likeness (QED) is 0.538. The maximum atomic E-state index is 13.3. The molecule has 0 bridgehead atoms. The average Bonchev–Trinajstić information content (AvgIpc) is 3.13. The van der Waals surface area contributed by atoms with E-state index >= 15 is 0 Å². The molecular formula is C22H22ClFN4O. The van der Waals surface area contributed by atoms with Crippen molar-refractivity contribution in [2.45, 2.75) is 38.0 Å². The molecule has 150 valence electrons. The zero-order valence-corrected chi connectivity index (χ0v) is 16.5. The van der Waals surface area contributed by atoms with Crippen LogP contribution >= 0.6 is 11.6 Å². The minimum Gasteiger partial charge on any atom is -0.393 e. The van der Waals surface area contributed by atoms with Crippen LogP contribution in [-0.2, 0) is 6.54 Å². The number of aromatic nitrogens is 2. The molecule has 2 heterocycles. The molecule has 29 heavy (non-hydrogen) atoms. The Morgan fingerprint density at radius 3 is 2.76 bits per heavy atom. The van der Waals surface area contributed by atoms with E-state index in [1.807, 2.05) is 30.3 Å². The molecule has 3 N–H and O–H groups in total. The smallest absolute Gasteiger partial charge is 0.126 e. The van der Waals surface area contributed by atoms with Crippen molar-refractivity contribution >= 4 is 23.2 Å². The molecule has 0 radical (unpaired) electrons. The summed E-state index contributed by atoms with van der Waals surface area (Å²) in [7, 11) is 0. The molecule has 1 saturated carbocycles. The lowest BCUT2D eigenvalue weighted by atomic mass is 10.1. The van der Waals surface area contributed by atoms with Crippen molar-refractivity contribution in [3.63, 3.8) is 0 Å². The van der Waals surface area contributed by atoms with Gasteiger partial charge in [-0.3, -0.25) is 0 Å². The van der Waals surface area contributed by atoms with Crippen LogP contribution in [0, 0.1) is 5.82 Å². The van der Waals surface area contributed by atoms with Gasteiger partial charge < -0.3 is 15.7 Å². The topological polar surface area (TPSA) is 70.1 Å². The number of pyridine rings is 2. The molecule has 0 saturated heterocycles. The number of halogens is 2. The Hall–Kier alpha value is -2.70. The fourth-order valence-corrected chi connectivity index (χ4v) is 3.73. The van der Waals surface area contributed by atoms with Gasteiger partial charge in [-0.1, -0.05) is 29.8 Å². The fraction of sp³-hybridized carbons (Fsp3) is 0.273. The minimum atomic E-state index is -0.260. The van der Waals surface area contributed by atoms with Crippen LogP contribution < -0.4 is 10.6 Å². The molecule has 1 aliphatic rings.